The van der Waals surface area contributed by atoms with E-state index in [0.29, 0.717) is 21.4 Å². The molecule has 88 valence electrons. The van der Waals surface area contributed by atoms with Crippen molar-refractivity contribution in [2.24, 2.45) is 0 Å². The van der Waals surface area contributed by atoms with E-state index in [1.807, 2.05) is 6.92 Å². The fourth-order valence-corrected chi connectivity index (χ4v) is 1.97. The topological polar surface area (TPSA) is 30.2 Å². The van der Waals surface area contributed by atoms with Crippen molar-refractivity contribution in [2.75, 3.05) is 0 Å². The zero-order valence-corrected chi connectivity index (χ0v) is 10.7. The zero-order valence-electron chi connectivity index (χ0n) is 9.17. The molecule has 1 aromatic carbocycles. The van der Waals surface area contributed by atoms with Crippen LogP contribution in [-0.4, -0.2) is 5.78 Å². The van der Waals surface area contributed by atoms with E-state index in [1.54, 1.807) is 24.3 Å². The summed E-state index contributed by atoms with van der Waals surface area (Å²) in [5, 5.41) is 1.10. The molecule has 0 unspecified atom stereocenters. The molecule has 2 rings (SSSR count). The van der Waals surface area contributed by atoms with Gasteiger partial charge in [-0.15, -0.1) is 0 Å². The highest BCUT2D eigenvalue weighted by Gasteiger charge is 2.15. The molecule has 1 aromatic heterocycles. The third-order valence-electron chi connectivity index (χ3n) is 2.47. The summed E-state index contributed by atoms with van der Waals surface area (Å²) in [4.78, 5) is 12.0. The van der Waals surface area contributed by atoms with Crippen molar-refractivity contribution in [1.82, 2.24) is 0 Å². The second-order valence-corrected chi connectivity index (χ2v) is 4.61. The maximum absolute atomic E-state index is 12.0. The van der Waals surface area contributed by atoms with E-state index >= 15 is 0 Å². The van der Waals surface area contributed by atoms with Crippen molar-refractivity contribution >= 4 is 29.0 Å². The lowest BCUT2D eigenvalue weighted by atomic mass is 10.1. The minimum Gasteiger partial charge on any atom is -0.461 e. The average molecular weight is 269 g/mol. The van der Waals surface area contributed by atoms with Gasteiger partial charge in [-0.25, -0.2) is 0 Å². The van der Waals surface area contributed by atoms with Gasteiger partial charge >= 0.3 is 0 Å². The van der Waals surface area contributed by atoms with Crippen LogP contribution in [0.25, 0.3) is 0 Å². The van der Waals surface area contributed by atoms with E-state index < -0.39 is 0 Å². The van der Waals surface area contributed by atoms with E-state index in [-0.39, 0.29) is 12.2 Å². The number of aryl methyl sites for hydroxylation is 1. The van der Waals surface area contributed by atoms with Crippen LogP contribution in [0.3, 0.4) is 0 Å². The van der Waals surface area contributed by atoms with E-state index in [4.69, 9.17) is 27.6 Å². The number of benzene rings is 1. The Morgan fingerprint density at radius 3 is 2.71 bits per heavy atom. The first-order valence-corrected chi connectivity index (χ1v) is 5.84. The van der Waals surface area contributed by atoms with Crippen molar-refractivity contribution in [3.63, 3.8) is 0 Å². The van der Waals surface area contributed by atoms with E-state index in [2.05, 4.69) is 0 Å². The van der Waals surface area contributed by atoms with Crippen molar-refractivity contribution in [1.29, 1.82) is 0 Å². The minimum absolute atomic E-state index is 0.100. The number of ketones is 1. The molecule has 0 radical (unpaired) electrons. The van der Waals surface area contributed by atoms with E-state index in [1.165, 1.54) is 6.26 Å². The van der Waals surface area contributed by atoms with Gasteiger partial charge in [0.05, 0.1) is 6.26 Å². The Bertz CT molecular complexity index is 558. The largest absolute Gasteiger partial charge is 0.461 e. The standard InChI is InChI=1S/C13H10Cl2O2/c1-8-4-5-17-13(8)12(16)7-9-6-10(14)2-3-11(9)15/h2-6H,7H2,1H3. The van der Waals surface area contributed by atoms with Crippen LogP contribution in [-0.2, 0) is 6.42 Å². The smallest absolute Gasteiger partial charge is 0.202 e. The van der Waals surface area contributed by atoms with Gasteiger partial charge in [-0.1, -0.05) is 23.2 Å². The highest BCUT2D eigenvalue weighted by Crippen LogP contribution is 2.23. The van der Waals surface area contributed by atoms with Gasteiger partial charge in [0.25, 0.3) is 0 Å². The first-order chi connectivity index (χ1) is 8.08. The summed E-state index contributed by atoms with van der Waals surface area (Å²) in [5.41, 5.74) is 1.54. The molecule has 0 spiro atoms. The molecule has 0 amide bonds. The predicted molar refractivity (Wildman–Crippen MR) is 67.9 cm³/mol. The van der Waals surface area contributed by atoms with Gasteiger partial charge in [-0.05, 0) is 42.3 Å². The summed E-state index contributed by atoms with van der Waals surface area (Å²) in [6, 6.07) is 6.82. The Morgan fingerprint density at radius 2 is 2.06 bits per heavy atom. The quantitative estimate of drug-likeness (QED) is 0.777. The van der Waals surface area contributed by atoms with E-state index in [9.17, 15) is 4.79 Å². The molecule has 2 nitrogen and oxygen atoms in total. The molecule has 0 N–H and O–H groups in total. The minimum atomic E-state index is -0.100. The number of hydrogen-bond acceptors (Lipinski definition) is 2. The fourth-order valence-electron chi connectivity index (χ4n) is 1.59. The number of Topliss-reactive ketones (excluding diaryl/α,β-unsaturated/α-hetero) is 1. The number of halogens is 2. The Labute approximate surface area is 109 Å². The average Bonchev–Trinajstić information content (AvgIpc) is 2.70. The lowest BCUT2D eigenvalue weighted by molar-refractivity contribution is 0.0965. The SMILES string of the molecule is Cc1ccoc1C(=O)Cc1cc(Cl)ccc1Cl. The molecule has 0 saturated carbocycles. The van der Waals surface area contributed by atoms with Crippen LogP contribution in [0.5, 0.6) is 0 Å². The molecule has 0 fully saturated rings. The lowest BCUT2D eigenvalue weighted by Gasteiger charge is -2.03. The normalized spacial score (nSPS) is 10.5. The molecule has 0 bridgehead atoms. The highest BCUT2D eigenvalue weighted by molar-refractivity contribution is 6.33. The van der Waals surface area contributed by atoms with Crippen LogP contribution in [0.1, 0.15) is 21.7 Å². The predicted octanol–water partition coefficient (Wildman–Crippen LogP) is 4.32. The maximum Gasteiger partial charge on any atom is 0.202 e. The number of rotatable bonds is 3. The molecule has 0 aliphatic rings. The van der Waals surface area contributed by atoms with Crippen molar-refractivity contribution in [3.05, 3.63) is 57.5 Å². The van der Waals surface area contributed by atoms with Crippen LogP contribution in [0.15, 0.2) is 34.9 Å². The third-order valence-corrected chi connectivity index (χ3v) is 3.08. The van der Waals surface area contributed by atoms with Crippen molar-refractivity contribution < 1.29 is 9.21 Å². The van der Waals surface area contributed by atoms with E-state index in [0.717, 1.165) is 5.56 Å². The van der Waals surface area contributed by atoms with Gasteiger partial charge in [0, 0.05) is 16.5 Å². The molecule has 0 aliphatic heterocycles. The molecule has 4 heteroatoms. The summed E-state index contributed by atoms with van der Waals surface area (Å²) < 4.78 is 5.14. The maximum atomic E-state index is 12.0. The second kappa shape index (κ2) is 4.94. The van der Waals surface area contributed by atoms with Crippen LogP contribution >= 0.6 is 23.2 Å². The number of hydrogen-bond donors (Lipinski definition) is 0. The molecule has 0 aliphatic carbocycles. The zero-order chi connectivity index (χ0) is 12.4. The first-order valence-electron chi connectivity index (χ1n) is 5.09. The Hall–Kier alpha value is -1.25. The molecule has 0 saturated heterocycles. The van der Waals surface area contributed by atoms with Crippen molar-refractivity contribution in [3.8, 4) is 0 Å². The lowest BCUT2D eigenvalue weighted by Crippen LogP contribution is -2.04. The monoisotopic (exact) mass is 268 g/mol. The molecular weight excluding hydrogens is 259 g/mol. The molecule has 17 heavy (non-hydrogen) atoms. The highest BCUT2D eigenvalue weighted by atomic mass is 35.5. The Balaban J connectivity index is 2.24. The molecular formula is C13H10Cl2O2. The summed E-state index contributed by atoms with van der Waals surface area (Å²) >= 11 is 11.9. The van der Waals surface area contributed by atoms with Crippen molar-refractivity contribution in [2.45, 2.75) is 13.3 Å². The Kier molecular flexibility index (Phi) is 3.55. The number of carbonyl (C=O) groups excluding carboxylic acids is 1. The number of carbonyl (C=O) groups is 1. The van der Waals surface area contributed by atoms with Crippen LogP contribution < -0.4 is 0 Å². The molecule has 2 aromatic rings. The van der Waals surface area contributed by atoms with Gasteiger partial charge in [-0.2, -0.15) is 0 Å². The Morgan fingerprint density at radius 1 is 1.29 bits per heavy atom. The second-order valence-electron chi connectivity index (χ2n) is 3.77. The summed E-state index contributed by atoms with van der Waals surface area (Å²) in [5.74, 6) is 0.276. The first kappa shape index (κ1) is 12.2. The third kappa shape index (κ3) is 2.71. The van der Waals surface area contributed by atoms with Crippen LogP contribution in [0.4, 0.5) is 0 Å². The fraction of sp³-hybridized carbons (Fsp3) is 0.154. The van der Waals surface area contributed by atoms with Gasteiger partial charge in [0.2, 0.25) is 5.78 Å². The van der Waals surface area contributed by atoms with Gasteiger partial charge < -0.3 is 4.42 Å². The summed E-state index contributed by atoms with van der Waals surface area (Å²) in [7, 11) is 0. The van der Waals surface area contributed by atoms with Gasteiger partial charge in [0.15, 0.2) is 5.76 Å². The molecule has 0 atom stereocenters. The molecule has 1 heterocycles. The van der Waals surface area contributed by atoms with Crippen LogP contribution in [0, 0.1) is 6.92 Å². The summed E-state index contributed by atoms with van der Waals surface area (Å²) in [6.07, 6.45) is 1.69. The number of furan rings is 1. The van der Waals surface area contributed by atoms with Gasteiger partial charge in [-0.3, -0.25) is 4.79 Å². The van der Waals surface area contributed by atoms with Crippen LogP contribution in [0.2, 0.25) is 10.0 Å². The van der Waals surface area contributed by atoms with Gasteiger partial charge in [0.1, 0.15) is 0 Å². The summed E-state index contributed by atoms with van der Waals surface area (Å²) in [6.45, 7) is 1.83.